The van der Waals surface area contributed by atoms with Crippen molar-refractivity contribution in [3.05, 3.63) is 45.8 Å². The summed E-state index contributed by atoms with van der Waals surface area (Å²) in [5, 5.41) is 6.13. The van der Waals surface area contributed by atoms with Gasteiger partial charge in [0.25, 0.3) is 5.91 Å². The van der Waals surface area contributed by atoms with Gasteiger partial charge in [-0.25, -0.2) is 9.97 Å². The maximum Gasteiger partial charge on any atom is 0.274 e. The Morgan fingerprint density at radius 1 is 1.21 bits per heavy atom. The van der Waals surface area contributed by atoms with E-state index in [0.717, 1.165) is 28.7 Å². The molecule has 0 saturated heterocycles. The predicted molar refractivity (Wildman–Crippen MR) is 102 cm³/mol. The first kappa shape index (κ1) is 18.4. The van der Waals surface area contributed by atoms with Crippen LogP contribution in [0.15, 0.2) is 28.7 Å². The molecule has 6 heteroatoms. The van der Waals surface area contributed by atoms with Gasteiger partial charge in [-0.05, 0) is 49.9 Å². The van der Waals surface area contributed by atoms with E-state index < -0.39 is 0 Å². The third-order valence-corrected chi connectivity index (χ3v) is 4.40. The predicted octanol–water partition coefficient (Wildman–Crippen LogP) is 4.57. The summed E-state index contributed by atoms with van der Waals surface area (Å²) in [6.07, 6.45) is 1.04. The van der Waals surface area contributed by atoms with Crippen LogP contribution in [0.4, 0.5) is 11.5 Å². The molecular formula is C18H23BrN4O. The highest BCUT2D eigenvalue weighted by Gasteiger charge is 2.11. The number of rotatable bonds is 6. The van der Waals surface area contributed by atoms with Gasteiger partial charge in [-0.15, -0.1) is 0 Å². The molecule has 0 atom stereocenters. The van der Waals surface area contributed by atoms with Crippen LogP contribution < -0.4 is 10.6 Å². The van der Waals surface area contributed by atoms with Gasteiger partial charge in [0.05, 0.1) is 0 Å². The molecule has 2 N–H and O–H groups in total. The lowest BCUT2D eigenvalue weighted by atomic mass is 10.1. The number of anilines is 2. The van der Waals surface area contributed by atoms with E-state index in [1.165, 1.54) is 0 Å². The average Bonchev–Trinajstić information content (AvgIpc) is 2.50. The number of nitrogens with zero attached hydrogens (tertiary/aromatic N) is 2. The Hall–Kier alpha value is -1.95. The molecule has 0 bridgehead atoms. The van der Waals surface area contributed by atoms with E-state index in [9.17, 15) is 4.79 Å². The van der Waals surface area contributed by atoms with E-state index in [2.05, 4.69) is 50.4 Å². The fourth-order valence-electron chi connectivity index (χ4n) is 2.18. The smallest absolute Gasteiger partial charge is 0.274 e. The number of hydrogen-bond donors (Lipinski definition) is 2. The summed E-state index contributed by atoms with van der Waals surface area (Å²) in [6.45, 7) is 8.93. The van der Waals surface area contributed by atoms with E-state index in [0.29, 0.717) is 23.3 Å². The van der Waals surface area contributed by atoms with E-state index in [1.807, 2.05) is 25.1 Å². The molecule has 0 fully saturated rings. The zero-order valence-corrected chi connectivity index (χ0v) is 16.1. The summed E-state index contributed by atoms with van der Waals surface area (Å²) >= 11 is 3.45. The second-order valence-electron chi connectivity index (χ2n) is 6.21. The summed E-state index contributed by atoms with van der Waals surface area (Å²) in [5.74, 6) is 1.62. The monoisotopic (exact) mass is 390 g/mol. The first-order chi connectivity index (χ1) is 11.3. The Balaban J connectivity index is 2.10. The number of aromatic nitrogens is 2. The highest BCUT2D eigenvalue weighted by molar-refractivity contribution is 9.10. The van der Waals surface area contributed by atoms with E-state index >= 15 is 0 Å². The van der Waals surface area contributed by atoms with Gasteiger partial charge in [-0.1, -0.05) is 29.8 Å². The number of carbonyl (C=O) groups is 1. The molecule has 128 valence electrons. The van der Waals surface area contributed by atoms with Crippen molar-refractivity contribution in [1.82, 2.24) is 9.97 Å². The Morgan fingerprint density at radius 2 is 1.96 bits per heavy atom. The van der Waals surface area contributed by atoms with E-state index in [4.69, 9.17) is 0 Å². The second kappa shape index (κ2) is 8.24. The van der Waals surface area contributed by atoms with Crippen LogP contribution in [0.1, 0.15) is 42.1 Å². The lowest BCUT2D eigenvalue weighted by molar-refractivity contribution is 0.102. The first-order valence-electron chi connectivity index (χ1n) is 8.02. The molecule has 5 nitrogen and oxygen atoms in total. The van der Waals surface area contributed by atoms with E-state index in [-0.39, 0.29) is 5.91 Å². The summed E-state index contributed by atoms with van der Waals surface area (Å²) in [4.78, 5) is 21.0. The summed E-state index contributed by atoms with van der Waals surface area (Å²) in [5.41, 5.74) is 2.16. The standard InChI is InChI=1S/C18H23BrN4O/c1-11(2)7-8-20-17-10-16(21-13(4)22-17)18(24)23-14-5-6-15(19)12(3)9-14/h5-6,9-11H,7-8H2,1-4H3,(H,23,24)(H,20,21,22). The quantitative estimate of drug-likeness (QED) is 0.757. The Morgan fingerprint density at radius 3 is 2.62 bits per heavy atom. The minimum absolute atomic E-state index is 0.242. The van der Waals surface area contributed by atoms with Gasteiger partial charge in [0, 0.05) is 22.8 Å². The Bertz CT molecular complexity index is 731. The number of carbonyl (C=O) groups excluding carboxylic acids is 1. The van der Waals surface area contributed by atoms with Crippen LogP contribution >= 0.6 is 15.9 Å². The highest BCUT2D eigenvalue weighted by Crippen LogP contribution is 2.20. The van der Waals surface area contributed by atoms with Crippen molar-refractivity contribution in [2.24, 2.45) is 5.92 Å². The minimum Gasteiger partial charge on any atom is -0.370 e. The fourth-order valence-corrected chi connectivity index (χ4v) is 2.43. The van der Waals surface area contributed by atoms with Crippen molar-refractivity contribution < 1.29 is 4.79 Å². The third kappa shape index (κ3) is 5.30. The SMILES string of the molecule is Cc1nc(NCCC(C)C)cc(C(=O)Nc2ccc(Br)c(C)c2)n1. The number of aryl methyl sites for hydroxylation is 2. The maximum atomic E-state index is 12.5. The van der Waals surface area contributed by atoms with Gasteiger partial charge >= 0.3 is 0 Å². The molecule has 0 radical (unpaired) electrons. The van der Waals surface area contributed by atoms with Crippen LogP contribution in [0.3, 0.4) is 0 Å². The molecule has 1 aromatic carbocycles. The van der Waals surface area contributed by atoms with Gasteiger partial charge < -0.3 is 10.6 Å². The van der Waals surface area contributed by atoms with Crippen LogP contribution in [-0.4, -0.2) is 22.4 Å². The average molecular weight is 391 g/mol. The summed E-state index contributed by atoms with van der Waals surface area (Å²) in [6, 6.07) is 7.37. The van der Waals surface area contributed by atoms with Crippen molar-refractivity contribution in [3.63, 3.8) is 0 Å². The summed E-state index contributed by atoms with van der Waals surface area (Å²) in [7, 11) is 0. The van der Waals surface area contributed by atoms with Gasteiger partial charge in [0.2, 0.25) is 0 Å². The van der Waals surface area contributed by atoms with Crippen LogP contribution in [0.2, 0.25) is 0 Å². The topological polar surface area (TPSA) is 66.9 Å². The number of nitrogens with one attached hydrogen (secondary N) is 2. The maximum absolute atomic E-state index is 12.5. The molecule has 1 aromatic heterocycles. The minimum atomic E-state index is -0.242. The van der Waals surface area contributed by atoms with Gasteiger partial charge in [0.15, 0.2) is 0 Å². The lowest BCUT2D eigenvalue weighted by Gasteiger charge is -2.10. The van der Waals surface area contributed by atoms with E-state index in [1.54, 1.807) is 13.0 Å². The largest absolute Gasteiger partial charge is 0.370 e. The highest BCUT2D eigenvalue weighted by atomic mass is 79.9. The lowest BCUT2D eigenvalue weighted by Crippen LogP contribution is -2.16. The summed E-state index contributed by atoms with van der Waals surface area (Å²) < 4.78 is 1.01. The number of hydrogen-bond acceptors (Lipinski definition) is 4. The van der Waals surface area contributed by atoms with Gasteiger partial charge in [-0.2, -0.15) is 0 Å². The zero-order chi connectivity index (χ0) is 17.7. The molecule has 0 saturated carbocycles. The molecular weight excluding hydrogens is 368 g/mol. The van der Waals surface area contributed by atoms with Crippen molar-refractivity contribution in [2.45, 2.75) is 34.1 Å². The fraction of sp³-hybridized carbons (Fsp3) is 0.389. The zero-order valence-electron chi connectivity index (χ0n) is 14.5. The van der Waals surface area contributed by atoms with Crippen molar-refractivity contribution in [1.29, 1.82) is 0 Å². The molecule has 2 rings (SSSR count). The van der Waals surface area contributed by atoms with Crippen LogP contribution in [0, 0.1) is 19.8 Å². The molecule has 0 spiro atoms. The molecule has 0 unspecified atom stereocenters. The van der Waals surface area contributed by atoms with Crippen molar-refractivity contribution >= 4 is 33.3 Å². The third-order valence-electron chi connectivity index (χ3n) is 3.51. The molecule has 2 aromatic rings. The Labute approximate surface area is 151 Å². The number of benzene rings is 1. The Kier molecular flexibility index (Phi) is 6.31. The van der Waals surface area contributed by atoms with Crippen LogP contribution in [0.25, 0.3) is 0 Å². The first-order valence-corrected chi connectivity index (χ1v) is 8.81. The normalized spacial score (nSPS) is 10.8. The van der Waals surface area contributed by atoms with Crippen LogP contribution in [0.5, 0.6) is 0 Å². The molecule has 0 aliphatic heterocycles. The van der Waals surface area contributed by atoms with Gasteiger partial charge in [-0.3, -0.25) is 4.79 Å². The molecule has 24 heavy (non-hydrogen) atoms. The molecule has 0 aliphatic carbocycles. The van der Waals surface area contributed by atoms with Crippen LogP contribution in [-0.2, 0) is 0 Å². The molecule has 0 aliphatic rings. The molecule has 1 amide bonds. The van der Waals surface area contributed by atoms with Gasteiger partial charge in [0.1, 0.15) is 17.3 Å². The van der Waals surface area contributed by atoms with Crippen molar-refractivity contribution in [3.8, 4) is 0 Å². The number of amides is 1. The number of halogens is 1. The second-order valence-corrected chi connectivity index (χ2v) is 7.07. The van der Waals surface area contributed by atoms with Crippen molar-refractivity contribution in [2.75, 3.05) is 17.2 Å². The molecule has 1 heterocycles.